The van der Waals surface area contributed by atoms with E-state index in [0.717, 1.165) is 19.5 Å². The number of rotatable bonds is 7. The fourth-order valence-corrected chi connectivity index (χ4v) is 2.39. The zero-order chi connectivity index (χ0) is 12.7. The Kier molecular flexibility index (Phi) is 5.44. The first-order valence-corrected chi connectivity index (χ1v) is 7.68. The maximum Gasteiger partial charge on any atom is 0.177 e. The second kappa shape index (κ2) is 6.61. The summed E-state index contributed by atoms with van der Waals surface area (Å²) >= 11 is 0. The SMILES string of the molecule is CCCNCCNc1ccccc1S(C)(=O)=O. The van der Waals surface area contributed by atoms with Crippen LogP contribution in [0, 0.1) is 0 Å². The summed E-state index contributed by atoms with van der Waals surface area (Å²) in [7, 11) is -3.16. The van der Waals surface area contributed by atoms with Crippen LogP contribution in [0.15, 0.2) is 29.2 Å². The van der Waals surface area contributed by atoms with Gasteiger partial charge in [0.15, 0.2) is 9.84 Å². The Bertz CT molecular complexity index is 444. The van der Waals surface area contributed by atoms with Crippen LogP contribution in [-0.2, 0) is 9.84 Å². The molecule has 0 unspecified atom stereocenters. The topological polar surface area (TPSA) is 58.2 Å². The van der Waals surface area contributed by atoms with Gasteiger partial charge < -0.3 is 10.6 Å². The molecular formula is C12H20N2O2S. The molecule has 0 spiro atoms. The molecule has 0 aromatic heterocycles. The zero-order valence-corrected chi connectivity index (χ0v) is 11.2. The molecular weight excluding hydrogens is 236 g/mol. The van der Waals surface area contributed by atoms with Gasteiger partial charge in [-0.1, -0.05) is 19.1 Å². The number of nitrogens with one attached hydrogen (secondary N) is 2. The fourth-order valence-electron chi connectivity index (χ4n) is 1.52. The van der Waals surface area contributed by atoms with Gasteiger partial charge in [-0.05, 0) is 25.1 Å². The molecule has 0 aliphatic heterocycles. The number of hydrogen-bond acceptors (Lipinski definition) is 4. The van der Waals surface area contributed by atoms with Crippen molar-refractivity contribution in [2.24, 2.45) is 0 Å². The van der Waals surface area contributed by atoms with Gasteiger partial charge in [-0.2, -0.15) is 0 Å². The molecule has 0 aliphatic carbocycles. The van der Waals surface area contributed by atoms with Crippen LogP contribution in [0.3, 0.4) is 0 Å². The smallest absolute Gasteiger partial charge is 0.177 e. The van der Waals surface area contributed by atoms with Crippen LogP contribution in [-0.4, -0.2) is 34.3 Å². The highest BCUT2D eigenvalue weighted by molar-refractivity contribution is 7.90. The minimum atomic E-state index is -3.16. The normalized spacial score (nSPS) is 11.4. The third kappa shape index (κ3) is 4.75. The molecule has 0 radical (unpaired) electrons. The maximum absolute atomic E-state index is 11.5. The molecule has 17 heavy (non-hydrogen) atoms. The third-order valence-corrected chi connectivity index (χ3v) is 3.49. The minimum Gasteiger partial charge on any atom is -0.383 e. The fraction of sp³-hybridized carbons (Fsp3) is 0.500. The van der Waals surface area contributed by atoms with Crippen molar-refractivity contribution in [1.82, 2.24) is 5.32 Å². The van der Waals surface area contributed by atoms with Crippen molar-refractivity contribution in [3.05, 3.63) is 24.3 Å². The van der Waals surface area contributed by atoms with Gasteiger partial charge in [0.05, 0.1) is 10.6 Å². The van der Waals surface area contributed by atoms with Gasteiger partial charge in [-0.3, -0.25) is 0 Å². The molecule has 1 aromatic rings. The molecule has 0 fully saturated rings. The van der Waals surface area contributed by atoms with Crippen molar-refractivity contribution >= 4 is 15.5 Å². The van der Waals surface area contributed by atoms with E-state index in [0.29, 0.717) is 17.1 Å². The van der Waals surface area contributed by atoms with E-state index in [1.807, 2.05) is 6.07 Å². The average molecular weight is 256 g/mol. The molecule has 1 aromatic carbocycles. The lowest BCUT2D eigenvalue weighted by Gasteiger charge is -2.10. The van der Waals surface area contributed by atoms with Gasteiger partial charge in [0, 0.05) is 19.3 Å². The molecule has 0 aliphatic rings. The molecule has 0 saturated carbocycles. The Morgan fingerprint density at radius 3 is 2.47 bits per heavy atom. The molecule has 1 rings (SSSR count). The van der Waals surface area contributed by atoms with E-state index in [1.165, 1.54) is 6.26 Å². The van der Waals surface area contributed by atoms with Crippen molar-refractivity contribution in [2.75, 3.05) is 31.2 Å². The molecule has 96 valence electrons. The first-order chi connectivity index (χ1) is 8.05. The second-order valence-electron chi connectivity index (χ2n) is 3.95. The summed E-state index contributed by atoms with van der Waals surface area (Å²) in [5.41, 5.74) is 0.674. The molecule has 0 saturated heterocycles. The van der Waals surface area contributed by atoms with E-state index in [9.17, 15) is 8.42 Å². The highest BCUT2D eigenvalue weighted by atomic mass is 32.2. The summed E-state index contributed by atoms with van der Waals surface area (Å²) in [6.07, 6.45) is 2.32. The van der Waals surface area contributed by atoms with Gasteiger partial charge in [-0.15, -0.1) is 0 Å². The maximum atomic E-state index is 11.5. The predicted octanol–water partition coefficient (Wildman–Crippen LogP) is 1.50. The lowest BCUT2D eigenvalue weighted by atomic mass is 10.3. The Labute approximate surface area is 103 Å². The summed E-state index contributed by atoms with van der Waals surface area (Å²) in [5.74, 6) is 0. The Balaban J connectivity index is 2.59. The van der Waals surface area contributed by atoms with Crippen molar-refractivity contribution in [3.8, 4) is 0 Å². The van der Waals surface area contributed by atoms with Crippen LogP contribution in [0.1, 0.15) is 13.3 Å². The van der Waals surface area contributed by atoms with E-state index in [1.54, 1.807) is 18.2 Å². The molecule has 2 N–H and O–H groups in total. The van der Waals surface area contributed by atoms with Crippen molar-refractivity contribution < 1.29 is 8.42 Å². The molecule has 0 atom stereocenters. The molecule has 5 heteroatoms. The lowest BCUT2D eigenvalue weighted by Crippen LogP contribution is -2.23. The zero-order valence-electron chi connectivity index (χ0n) is 10.4. The van der Waals surface area contributed by atoms with Crippen LogP contribution in [0.5, 0.6) is 0 Å². The first kappa shape index (κ1) is 14.0. The summed E-state index contributed by atoms with van der Waals surface area (Å²) < 4.78 is 23.1. The van der Waals surface area contributed by atoms with Crippen LogP contribution in [0.2, 0.25) is 0 Å². The monoisotopic (exact) mass is 256 g/mol. The predicted molar refractivity (Wildman–Crippen MR) is 71.2 cm³/mol. The number of para-hydroxylation sites is 1. The van der Waals surface area contributed by atoms with E-state index in [2.05, 4.69) is 17.6 Å². The van der Waals surface area contributed by atoms with E-state index in [-0.39, 0.29) is 0 Å². The molecule has 0 bridgehead atoms. The molecule has 0 heterocycles. The number of sulfone groups is 1. The van der Waals surface area contributed by atoms with Crippen LogP contribution >= 0.6 is 0 Å². The standard InChI is InChI=1S/C12H20N2O2S/c1-3-8-13-9-10-14-11-6-4-5-7-12(11)17(2,15)16/h4-7,13-14H,3,8-10H2,1-2H3. The van der Waals surface area contributed by atoms with Crippen LogP contribution < -0.4 is 10.6 Å². The quantitative estimate of drug-likeness (QED) is 0.726. The van der Waals surface area contributed by atoms with Crippen molar-refractivity contribution in [2.45, 2.75) is 18.2 Å². The van der Waals surface area contributed by atoms with Gasteiger partial charge >= 0.3 is 0 Å². The average Bonchev–Trinajstić information content (AvgIpc) is 2.28. The number of hydrogen-bond donors (Lipinski definition) is 2. The van der Waals surface area contributed by atoms with E-state index in [4.69, 9.17) is 0 Å². The van der Waals surface area contributed by atoms with E-state index >= 15 is 0 Å². The summed E-state index contributed by atoms with van der Waals surface area (Å²) in [4.78, 5) is 0.357. The highest BCUT2D eigenvalue weighted by Gasteiger charge is 2.11. The first-order valence-electron chi connectivity index (χ1n) is 5.79. The number of benzene rings is 1. The van der Waals surface area contributed by atoms with Gasteiger partial charge in [0.25, 0.3) is 0 Å². The lowest BCUT2D eigenvalue weighted by molar-refractivity contribution is 0.602. The summed E-state index contributed by atoms with van der Waals surface area (Å²) in [6, 6.07) is 6.97. The van der Waals surface area contributed by atoms with E-state index < -0.39 is 9.84 Å². The third-order valence-electron chi connectivity index (χ3n) is 2.33. The Morgan fingerprint density at radius 2 is 1.82 bits per heavy atom. The van der Waals surface area contributed by atoms with Crippen molar-refractivity contribution in [3.63, 3.8) is 0 Å². The van der Waals surface area contributed by atoms with Crippen LogP contribution in [0.25, 0.3) is 0 Å². The van der Waals surface area contributed by atoms with Gasteiger partial charge in [-0.25, -0.2) is 8.42 Å². The second-order valence-corrected chi connectivity index (χ2v) is 5.93. The largest absolute Gasteiger partial charge is 0.383 e. The highest BCUT2D eigenvalue weighted by Crippen LogP contribution is 2.19. The molecule has 4 nitrogen and oxygen atoms in total. The Morgan fingerprint density at radius 1 is 1.12 bits per heavy atom. The molecule has 0 amide bonds. The van der Waals surface area contributed by atoms with Crippen molar-refractivity contribution in [1.29, 1.82) is 0 Å². The Hall–Kier alpha value is -1.07. The van der Waals surface area contributed by atoms with Crippen LogP contribution in [0.4, 0.5) is 5.69 Å². The summed E-state index contributed by atoms with van der Waals surface area (Å²) in [5, 5.41) is 6.39. The minimum absolute atomic E-state index is 0.357. The summed E-state index contributed by atoms with van der Waals surface area (Å²) in [6.45, 7) is 4.63. The number of anilines is 1. The van der Waals surface area contributed by atoms with Gasteiger partial charge in [0.2, 0.25) is 0 Å². The van der Waals surface area contributed by atoms with Gasteiger partial charge in [0.1, 0.15) is 0 Å².